The molecule has 2 unspecified atom stereocenters. The smallest absolute Gasteiger partial charge is 0.155 e. The molecule has 0 bridgehead atoms. The lowest BCUT2D eigenvalue weighted by Gasteiger charge is -2.34. The van der Waals surface area contributed by atoms with Crippen LogP contribution in [0.2, 0.25) is 0 Å². The Morgan fingerprint density at radius 2 is 1.83 bits per heavy atom. The van der Waals surface area contributed by atoms with Crippen molar-refractivity contribution in [3.8, 4) is 0 Å². The van der Waals surface area contributed by atoms with Gasteiger partial charge in [-0.05, 0) is 32.1 Å². The molecule has 2 atom stereocenters. The molecule has 0 aromatic carbocycles. The van der Waals surface area contributed by atoms with Crippen molar-refractivity contribution >= 4 is 15.6 Å². The van der Waals surface area contributed by atoms with Gasteiger partial charge in [-0.1, -0.05) is 20.3 Å². The predicted octanol–water partition coefficient (Wildman–Crippen LogP) is 1.68. The number of hydrogen-bond donors (Lipinski definition) is 1. The minimum atomic E-state index is -3.04. The largest absolute Gasteiger partial charge is 0.319 e. The molecule has 1 fully saturated rings. The third kappa shape index (κ3) is 3.32. The standard InChI is InChI=1S/C13H25NO3S/c1-4-13(14,5-2)12(15)10-7-6-8-11(9-10)18(3,16)17/h10-11H,4-9,14H2,1-3H3. The van der Waals surface area contributed by atoms with E-state index in [0.717, 1.165) is 12.8 Å². The lowest BCUT2D eigenvalue weighted by molar-refractivity contribution is -0.129. The van der Waals surface area contributed by atoms with Crippen molar-refractivity contribution in [2.75, 3.05) is 6.26 Å². The molecule has 1 aliphatic rings. The van der Waals surface area contributed by atoms with Gasteiger partial charge in [-0.3, -0.25) is 4.79 Å². The molecule has 4 nitrogen and oxygen atoms in total. The first-order valence-corrected chi connectivity index (χ1v) is 8.72. The molecule has 0 aromatic rings. The summed E-state index contributed by atoms with van der Waals surface area (Å²) in [6, 6.07) is 0. The maximum Gasteiger partial charge on any atom is 0.155 e. The number of carbonyl (C=O) groups excluding carboxylic acids is 1. The van der Waals surface area contributed by atoms with Crippen LogP contribution in [0.15, 0.2) is 0 Å². The molecule has 0 radical (unpaired) electrons. The third-order valence-corrected chi connectivity index (χ3v) is 5.99. The van der Waals surface area contributed by atoms with Crippen LogP contribution >= 0.6 is 0 Å². The van der Waals surface area contributed by atoms with Crippen LogP contribution in [-0.2, 0) is 14.6 Å². The predicted molar refractivity (Wildman–Crippen MR) is 73.1 cm³/mol. The number of sulfone groups is 1. The zero-order valence-corrected chi connectivity index (χ0v) is 12.4. The zero-order valence-electron chi connectivity index (χ0n) is 11.6. The summed E-state index contributed by atoms with van der Waals surface area (Å²) in [6.45, 7) is 3.83. The second kappa shape index (κ2) is 5.70. The molecule has 1 aliphatic carbocycles. The molecule has 0 aromatic heterocycles. The Labute approximate surface area is 110 Å². The van der Waals surface area contributed by atoms with Crippen LogP contribution in [0.1, 0.15) is 52.4 Å². The van der Waals surface area contributed by atoms with E-state index < -0.39 is 15.4 Å². The number of Topliss-reactive ketones (excluding diaryl/α,β-unsaturated/α-hetero) is 1. The molecule has 0 spiro atoms. The van der Waals surface area contributed by atoms with Crippen LogP contribution in [0.4, 0.5) is 0 Å². The van der Waals surface area contributed by atoms with Gasteiger partial charge in [0.05, 0.1) is 10.8 Å². The van der Waals surface area contributed by atoms with Crippen molar-refractivity contribution in [3.63, 3.8) is 0 Å². The molecule has 1 rings (SSSR count). The Bertz CT molecular complexity index is 398. The Hall–Kier alpha value is -0.420. The van der Waals surface area contributed by atoms with Crippen LogP contribution in [-0.4, -0.2) is 31.2 Å². The molecular formula is C13H25NO3S. The van der Waals surface area contributed by atoms with Gasteiger partial charge in [-0.2, -0.15) is 0 Å². The second-order valence-corrected chi connectivity index (χ2v) is 7.87. The van der Waals surface area contributed by atoms with Crippen molar-refractivity contribution in [2.45, 2.75) is 63.2 Å². The summed E-state index contributed by atoms with van der Waals surface area (Å²) in [4.78, 5) is 12.4. The summed E-state index contributed by atoms with van der Waals surface area (Å²) in [7, 11) is -3.04. The fourth-order valence-corrected chi connectivity index (χ4v) is 3.95. The van der Waals surface area contributed by atoms with Gasteiger partial charge >= 0.3 is 0 Å². The maximum absolute atomic E-state index is 12.4. The monoisotopic (exact) mass is 275 g/mol. The minimum Gasteiger partial charge on any atom is -0.319 e. The number of nitrogens with two attached hydrogens (primary N) is 1. The average Bonchev–Trinajstić information content (AvgIpc) is 2.36. The van der Waals surface area contributed by atoms with E-state index in [0.29, 0.717) is 25.7 Å². The number of ketones is 1. The molecule has 0 aliphatic heterocycles. The van der Waals surface area contributed by atoms with Gasteiger partial charge in [0.2, 0.25) is 0 Å². The van der Waals surface area contributed by atoms with E-state index in [-0.39, 0.29) is 17.0 Å². The summed E-state index contributed by atoms with van der Waals surface area (Å²) < 4.78 is 23.2. The Morgan fingerprint density at radius 3 is 2.28 bits per heavy atom. The molecule has 0 saturated heterocycles. The number of carbonyl (C=O) groups is 1. The van der Waals surface area contributed by atoms with Gasteiger partial charge in [0.15, 0.2) is 5.78 Å². The molecule has 0 heterocycles. The lowest BCUT2D eigenvalue weighted by Crippen LogP contribution is -2.51. The van der Waals surface area contributed by atoms with Gasteiger partial charge in [0, 0.05) is 12.2 Å². The van der Waals surface area contributed by atoms with E-state index in [9.17, 15) is 13.2 Å². The van der Waals surface area contributed by atoms with Gasteiger partial charge in [0.1, 0.15) is 9.84 Å². The highest BCUT2D eigenvalue weighted by atomic mass is 32.2. The van der Waals surface area contributed by atoms with Gasteiger partial charge < -0.3 is 5.73 Å². The SMILES string of the molecule is CCC(N)(CC)C(=O)C1CCCC(S(C)(=O)=O)C1. The van der Waals surface area contributed by atoms with E-state index in [1.165, 1.54) is 6.26 Å². The highest BCUT2D eigenvalue weighted by Crippen LogP contribution is 2.32. The quantitative estimate of drug-likeness (QED) is 0.828. The van der Waals surface area contributed by atoms with Crippen LogP contribution in [0.5, 0.6) is 0 Å². The molecule has 2 N–H and O–H groups in total. The van der Waals surface area contributed by atoms with Crippen molar-refractivity contribution in [1.29, 1.82) is 0 Å². The first-order chi connectivity index (χ1) is 8.24. The number of rotatable bonds is 5. The topological polar surface area (TPSA) is 77.2 Å². The van der Waals surface area contributed by atoms with Gasteiger partial charge in [-0.15, -0.1) is 0 Å². The molecule has 1 saturated carbocycles. The van der Waals surface area contributed by atoms with Crippen molar-refractivity contribution in [2.24, 2.45) is 11.7 Å². The van der Waals surface area contributed by atoms with E-state index >= 15 is 0 Å². The highest BCUT2D eigenvalue weighted by molar-refractivity contribution is 7.91. The highest BCUT2D eigenvalue weighted by Gasteiger charge is 2.39. The Morgan fingerprint density at radius 1 is 1.28 bits per heavy atom. The summed E-state index contributed by atoms with van der Waals surface area (Å²) in [5.74, 6) is -0.121. The fraction of sp³-hybridized carbons (Fsp3) is 0.923. The molecule has 0 amide bonds. The maximum atomic E-state index is 12.4. The summed E-state index contributed by atoms with van der Waals surface area (Å²) >= 11 is 0. The van der Waals surface area contributed by atoms with Crippen LogP contribution in [0.25, 0.3) is 0 Å². The van der Waals surface area contributed by atoms with Crippen LogP contribution in [0.3, 0.4) is 0 Å². The van der Waals surface area contributed by atoms with E-state index in [1.807, 2.05) is 13.8 Å². The number of hydrogen-bond acceptors (Lipinski definition) is 4. The first-order valence-electron chi connectivity index (χ1n) is 6.76. The third-order valence-electron chi connectivity index (χ3n) is 4.35. The first kappa shape index (κ1) is 15.6. The van der Waals surface area contributed by atoms with Crippen molar-refractivity contribution < 1.29 is 13.2 Å². The lowest BCUT2D eigenvalue weighted by atomic mass is 9.76. The van der Waals surface area contributed by atoms with E-state index in [1.54, 1.807) is 0 Å². The van der Waals surface area contributed by atoms with Gasteiger partial charge in [0.25, 0.3) is 0 Å². The summed E-state index contributed by atoms with van der Waals surface area (Å²) in [5, 5.41) is -0.363. The Balaban J connectivity index is 2.82. The molecule has 18 heavy (non-hydrogen) atoms. The van der Waals surface area contributed by atoms with Crippen molar-refractivity contribution in [3.05, 3.63) is 0 Å². The van der Waals surface area contributed by atoms with Crippen LogP contribution < -0.4 is 5.73 Å². The van der Waals surface area contributed by atoms with E-state index in [2.05, 4.69) is 0 Å². The molecule has 106 valence electrons. The normalized spacial score (nSPS) is 26.0. The van der Waals surface area contributed by atoms with Crippen molar-refractivity contribution in [1.82, 2.24) is 0 Å². The summed E-state index contributed by atoms with van der Waals surface area (Å²) in [6.07, 6.45) is 5.21. The van der Waals surface area contributed by atoms with E-state index in [4.69, 9.17) is 5.73 Å². The summed E-state index contributed by atoms with van der Waals surface area (Å²) in [5.41, 5.74) is 5.35. The zero-order chi connectivity index (χ0) is 14.0. The molecular weight excluding hydrogens is 250 g/mol. The van der Waals surface area contributed by atoms with Crippen LogP contribution in [0, 0.1) is 5.92 Å². The average molecular weight is 275 g/mol. The van der Waals surface area contributed by atoms with Gasteiger partial charge in [-0.25, -0.2) is 8.42 Å². The Kier molecular flexibility index (Phi) is 4.95. The molecule has 5 heteroatoms. The second-order valence-electron chi connectivity index (χ2n) is 5.54. The fourth-order valence-electron chi connectivity index (χ4n) is 2.78. The minimum absolute atomic E-state index is 0.0563.